The van der Waals surface area contributed by atoms with Crippen LogP contribution in [0.15, 0.2) is 88.7 Å². The van der Waals surface area contributed by atoms with Gasteiger partial charge in [0.05, 0.1) is 10.6 Å². The standard InChI is InChI=1S/C24H26N2O3S2/c1-4-26(21-8-6-5-7-9-21)31(28,29)23-16-12-20(13-17-23)24(27)25(2)18-19-10-14-22(30-3)15-11-19/h5-17H,4,18H2,1-3H3. The molecule has 0 aliphatic carbocycles. The molecule has 0 aromatic heterocycles. The number of hydrogen-bond acceptors (Lipinski definition) is 4. The maximum atomic E-state index is 13.1. The van der Waals surface area contributed by atoms with E-state index in [0.717, 1.165) is 5.56 Å². The van der Waals surface area contributed by atoms with Crippen molar-refractivity contribution in [2.24, 2.45) is 0 Å². The zero-order valence-electron chi connectivity index (χ0n) is 17.9. The highest BCUT2D eigenvalue weighted by atomic mass is 32.2. The molecule has 3 aromatic carbocycles. The van der Waals surface area contributed by atoms with Crippen molar-refractivity contribution in [3.63, 3.8) is 0 Å². The van der Waals surface area contributed by atoms with Crippen LogP contribution in [0.3, 0.4) is 0 Å². The van der Waals surface area contributed by atoms with Crippen LogP contribution in [0.4, 0.5) is 5.69 Å². The number of sulfonamides is 1. The number of anilines is 1. The van der Waals surface area contributed by atoms with Gasteiger partial charge in [0.1, 0.15) is 0 Å². The third-order valence-corrected chi connectivity index (χ3v) is 7.61. The van der Waals surface area contributed by atoms with Gasteiger partial charge in [-0.25, -0.2) is 8.42 Å². The van der Waals surface area contributed by atoms with Crippen molar-refractivity contribution >= 4 is 33.4 Å². The molecule has 0 saturated heterocycles. The van der Waals surface area contributed by atoms with Crippen LogP contribution < -0.4 is 4.31 Å². The molecule has 0 unspecified atom stereocenters. The molecule has 0 heterocycles. The summed E-state index contributed by atoms with van der Waals surface area (Å²) < 4.78 is 27.6. The molecule has 3 aromatic rings. The first kappa shape index (κ1) is 22.9. The van der Waals surface area contributed by atoms with Crippen LogP contribution in [-0.4, -0.2) is 39.1 Å². The van der Waals surface area contributed by atoms with E-state index in [1.54, 1.807) is 67.0 Å². The molecule has 0 spiro atoms. The Morgan fingerprint density at radius 1 is 0.903 bits per heavy atom. The summed E-state index contributed by atoms with van der Waals surface area (Å²) in [5, 5.41) is 0. The normalized spacial score (nSPS) is 11.2. The maximum Gasteiger partial charge on any atom is 0.264 e. The second kappa shape index (κ2) is 10.0. The van der Waals surface area contributed by atoms with Crippen LogP contribution in [0.1, 0.15) is 22.8 Å². The van der Waals surface area contributed by atoms with Crippen LogP contribution in [0.25, 0.3) is 0 Å². The van der Waals surface area contributed by atoms with E-state index in [9.17, 15) is 13.2 Å². The topological polar surface area (TPSA) is 57.7 Å². The first-order valence-electron chi connectivity index (χ1n) is 9.93. The van der Waals surface area contributed by atoms with Crippen molar-refractivity contribution < 1.29 is 13.2 Å². The van der Waals surface area contributed by atoms with E-state index in [2.05, 4.69) is 0 Å². The van der Waals surface area contributed by atoms with Gasteiger partial charge in [0, 0.05) is 30.6 Å². The summed E-state index contributed by atoms with van der Waals surface area (Å²) in [6.07, 6.45) is 2.02. The lowest BCUT2D eigenvalue weighted by Gasteiger charge is -2.23. The molecule has 0 bridgehead atoms. The first-order chi connectivity index (χ1) is 14.9. The number of rotatable bonds is 8. The molecule has 7 heteroatoms. The van der Waals surface area contributed by atoms with E-state index in [1.165, 1.54) is 21.3 Å². The van der Waals surface area contributed by atoms with Crippen LogP contribution >= 0.6 is 11.8 Å². The summed E-state index contributed by atoms with van der Waals surface area (Å²) in [6, 6.07) is 23.2. The van der Waals surface area contributed by atoms with E-state index >= 15 is 0 Å². The van der Waals surface area contributed by atoms with Crippen LogP contribution in [0.2, 0.25) is 0 Å². The lowest BCUT2D eigenvalue weighted by Crippen LogP contribution is -2.31. The van der Waals surface area contributed by atoms with Gasteiger partial charge in [0.25, 0.3) is 15.9 Å². The van der Waals surface area contributed by atoms with Crippen molar-refractivity contribution in [2.45, 2.75) is 23.3 Å². The van der Waals surface area contributed by atoms with Gasteiger partial charge in [-0.05, 0) is 67.3 Å². The monoisotopic (exact) mass is 454 g/mol. The van der Waals surface area contributed by atoms with Gasteiger partial charge >= 0.3 is 0 Å². The summed E-state index contributed by atoms with van der Waals surface area (Å²) in [7, 11) is -1.98. The van der Waals surface area contributed by atoms with E-state index < -0.39 is 10.0 Å². The van der Waals surface area contributed by atoms with Crippen molar-refractivity contribution in [3.8, 4) is 0 Å². The van der Waals surface area contributed by atoms with E-state index in [1.807, 2.05) is 36.6 Å². The van der Waals surface area contributed by atoms with Crippen molar-refractivity contribution in [2.75, 3.05) is 24.2 Å². The Hall–Kier alpha value is -2.77. The Bertz CT molecular complexity index is 1110. The minimum Gasteiger partial charge on any atom is -0.337 e. The predicted octanol–water partition coefficient (Wildman–Crippen LogP) is 4.90. The largest absolute Gasteiger partial charge is 0.337 e. The van der Waals surface area contributed by atoms with Gasteiger partial charge in [-0.3, -0.25) is 9.10 Å². The molecule has 3 rings (SSSR count). The first-order valence-corrected chi connectivity index (χ1v) is 12.6. The lowest BCUT2D eigenvalue weighted by atomic mass is 10.1. The fraction of sp³-hybridized carbons (Fsp3) is 0.208. The summed E-state index contributed by atoms with van der Waals surface area (Å²) >= 11 is 1.67. The minimum absolute atomic E-state index is 0.157. The third kappa shape index (κ3) is 5.29. The van der Waals surface area contributed by atoms with Gasteiger partial charge in [0.2, 0.25) is 0 Å². The molecule has 0 aliphatic rings. The van der Waals surface area contributed by atoms with Crippen LogP contribution in [0, 0.1) is 0 Å². The molecular formula is C24H26N2O3S2. The van der Waals surface area contributed by atoms with Gasteiger partial charge in [-0.2, -0.15) is 0 Å². The molecule has 0 saturated carbocycles. The molecule has 162 valence electrons. The van der Waals surface area contributed by atoms with Gasteiger partial charge in [-0.15, -0.1) is 11.8 Å². The Balaban J connectivity index is 1.75. The highest BCUT2D eigenvalue weighted by Gasteiger charge is 2.24. The number of benzene rings is 3. The molecular weight excluding hydrogens is 428 g/mol. The van der Waals surface area contributed by atoms with Gasteiger partial charge in [-0.1, -0.05) is 30.3 Å². The Labute approximate surface area is 188 Å². The maximum absolute atomic E-state index is 13.1. The van der Waals surface area contributed by atoms with Crippen molar-refractivity contribution in [1.29, 1.82) is 0 Å². The zero-order chi connectivity index (χ0) is 22.4. The minimum atomic E-state index is -3.72. The Kier molecular flexibility index (Phi) is 7.41. The molecule has 31 heavy (non-hydrogen) atoms. The van der Waals surface area contributed by atoms with Crippen LogP contribution in [-0.2, 0) is 16.6 Å². The summed E-state index contributed by atoms with van der Waals surface area (Å²) in [4.78, 5) is 15.8. The number of nitrogens with zero attached hydrogens (tertiary/aromatic N) is 2. The lowest BCUT2D eigenvalue weighted by molar-refractivity contribution is 0.0785. The fourth-order valence-electron chi connectivity index (χ4n) is 3.28. The fourth-order valence-corrected chi connectivity index (χ4v) is 5.16. The predicted molar refractivity (Wildman–Crippen MR) is 127 cm³/mol. The molecule has 5 nitrogen and oxygen atoms in total. The average molecular weight is 455 g/mol. The second-order valence-corrected chi connectivity index (χ2v) is 9.78. The van der Waals surface area contributed by atoms with Gasteiger partial charge < -0.3 is 4.90 Å². The summed E-state index contributed by atoms with van der Waals surface area (Å²) in [5.41, 5.74) is 2.09. The summed E-state index contributed by atoms with van der Waals surface area (Å²) in [5.74, 6) is -0.159. The third-order valence-electron chi connectivity index (χ3n) is 4.95. The van der Waals surface area contributed by atoms with E-state index in [4.69, 9.17) is 0 Å². The quantitative estimate of drug-likeness (QED) is 0.455. The van der Waals surface area contributed by atoms with Crippen LogP contribution in [0.5, 0.6) is 0 Å². The molecule has 0 radical (unpaired) electrons. The smallest absolute Gasteiger partial charge is 0.264 e. The van der Waals surface area contributed by atoms with Crippen molar-refractivity contribution in [3.05, 3.63) is 90.0 Å². The average Bonchev–Trinajstić information content (AvgIpc) is 2.80. The molecule has 0 aliphatic heterocycles. The molecule has 1 amide bonds. The number of para-hydroxylation sites is 1. The number of thioether (sulfide) groups is 1. The molecule has 0 N–H and O–H groups in total. The number of hydrogen-bond donors (Lipinski definition) is 0. The second-order valence-electron chi connectivity index (χ2n) is 7.04. The van der Waals surface area contributed by atoms with Gasteiger partial charge in [0.15, 0.2) is 0 Å². The van der Waals surface area contributed by atoms with E-state index in [0.29, 0.717) is 24.3 Å². The molecule has 0 atom stereocenters. The SMILES string of the molecule is CCN(c1ccccc1)S(=O)(=O)c1ccc(C(=O)N(C)Cc2ccc(SC)cc2)cc1. The van der Waals surface area contributed by atoms with Crippen molar-refractivity contribution in [1.82, 2.24) is 4.90 Å². The summed E-state index contributed by atoms with van der Waals surface area (Å²) in [6.45, 7) is 2.58. The molecule has 0 fully saturated rings. The number of carbonyl (C=O) groups is 1. The highest BCUT2D eigenvalue weighted by Crippen LogP contribution is 2.24. The van der Waals surface area contributed by atoms with E-state index in [-0.39, 0.29) is 10.8 Å². The Morgan fingerprint density at radius 2 is 1.52 bits per heavy atom. The number of carbonyl (C=O) groups excluding carboxylic acids is 1. The zero-order valence-corrected chi connectivity index (χ0v) is 19.5. The number of amides is 1. The Morgan fingerprint density at radius 3 is 2.06 bits per heavy atom. The highest BCUT2D eigenvalue weighted by molar-refractivity contribution is 7.98.